The van der Waals surface area contributed by atoms with Gasteiger partial charge in [0.15, 0.2) is 5.43 Å². The predicted molar refractivity (Wildman–Crippen MR) is 92.4 cm³/mol. The summed E-state index contributed by atoms with van der Waals surface area (Å²) in [6, 6.07) is 11.1. The maximum atomic E-state index is 13.1. The number of fused-ring (bicyclic) bond motifs is 2. The van der Waals surface area contributed by atoms with Crippen molar-refractivity contribution in [3.05, 3.63) is 80.2 Å². The number of amides is 1. The van der Waals surface area contributed by atoms with Crippen LogP contribution in [0.25, 0.3) is 11.0 Å². The number of aryl methyl sites for hydroxylation is 3. The Morgan fingerprint density at radius 2 is 1.67 bits per heavy atom. The van der Waals surface area contributed by atoms with Crippen LogP contribution in [0, 0.1) is 20.8 Å². The number of nitrogens with one attached hydrogen (secondary N) is 1. The zero-order valence-electron chi connectivity index (χ0n) is 13.8. The number of hydrogen-bond donors (Lipinski definition) is 1. The molecule has 4 nitrogen and oxygen atoms in total. The second kappa shape index (κ2) is 5.06. The lowest BCUT2D eigenvalue weighted by molar-refractivity contribution is 0.0938. The SMILES string of the molecule is Cc1ccc(C2NC(=O)c3oc4c(C)cc(C)cc4c(=O)c32)cc1. The van der Waals surface area contributed by atoms with E-state index in [-0.39, 0.29) is 17.1 Å². The van der Waals surface area contributed by atoms with Crippen LogP contribution in [0.3, 0.4) is 0 Å². The molecule has 120 valence electrons. The highest BCUT2D eigenvalue weighted by molar-refractivity contribution is 5.99. The van der Waals surface area contributed by atoms with Crippen molar-refractivity contribution in [3.8, 4) is 0 Å². The van der Waals surface area contributed by atoms with Crippen LogP contribution in [0.5, 0.6) is 0 Å². The molecule has 0 aliphatic carbocycles. The molecular formula is C20H17NO3. The van der Waals surface area contributed by atoms with Crippen LogP contribution in [0.2, 0.25) is 0 Å². The Morgan fingerprint density at radius 3 is 2.38 bits per heavy atom. The third-order valence-electron chi connectivity index (χ3n) is 4.54. The number of rotatable bonds is 1. The molecular weight excluding hydrogens is 302 g/mol. The monoisotopic (exact) mass is 319 g/mol. The number of carbonyl (C=O) groups is 1. The molecule has 1 aromatic heterocycles. The summed E-state index contributed by atoms with van der Waals surface area (Å²) >= 11 is 0. The zero-order chi connectivity index (χ0) is 17.0. The van der Waals surface area contributed by atoms with Crippen LogP contribution in [0.4, 0.5) is 0 Å². The Balaban J connectivity index is 2.02. The van der Waals surface area contributed by atoms with Crippen LogP contribution in [0.1, 0.15) is 44.4 Å². The normalized spacial score (nSPS) is 16.3. The molecule has 1 aliphatic heterocycles. The van der Waals surface area contributed by atoms with E-state index in [1.807, 2.05) is 57.2 Å². The predicted octanol–water partition coefficient (Wildman–Crippen LogP) is 3.55. The highest BCUT2D eigenvalue weighted by atomic mass is 16.3. The summed E-state index contributed by atoms with van der Waals surface area (Å²) in [5.41, 5.74) is 4.61. The lowest BCUT2D eigenvalue weighted by Crippen LogP contribution is -2.21. The van der Waals surface area contributed by atoms with Gasteiger partial charge in [0.05, 0.1) is 17.0 Å². The second-order valence-electron chi connectivity index (χ2n) is 6.45. The van der Waals surface area contributed by atoms with Gasteiger partial charge in [0, 0.05) is 0 Å². The minimum absolute atomic E-state index is 0.130. The molecule has 1 unspecified atom stereocenters. The molecule has 0 spiro atoms. The van der Waals surface area contributed by atoms with E-state index in [2.05, 4.69) is 5.32 Å². The third-order valence-corrected chi connectivity index (χ3v) is 4.54. The van der Waals surface area contributed by atoms with Crippen molar-refractivity contribution in [2.75, 3.05) is 0 Å². The molecule has 0 saturated heterocycles. The molecule has 4 rings (SSSR count). The number of carbonyl (C=O) groups excluding carboxylic acids is 1. The van der Waals surface area contributed by atoms with Crippen LogP contribution in [0.15, 0.2) is 45.6 Å². The molecule has 1 N–H and O–H groups in total. The topological polar surface area (TPSA) is 59.3 Å². The molecule has 0 bridgehead atoms. The van der Waals surface area contributed by atoms with E-state index in [0.29, 0.717) is 16.5 Å². The van der Waals surface area contributed by atoms with Gasteiger partial charge in [-0.15, -0.1) is 0 Å². The van der Waals surface area contributed by atoms with Crippen molar-refractivity contribution >= 4 is 16.9 Å². The molecule has 24 heavy (non-hydrogen) atoms. The van der Waals surface area contributed by atoms with Gasteiger partial charge in [-0.3, -0.25) is 9.59 Å². The first-order chi connectivity index (χ1) is 11.5. The van der Waals surface area contributed by atoms with Crippen LogP contribution >= 0.6 is 0 Å². The van der Waals surface area contributed by atoms with E-state index in [1.165, 1.54) is 0 Å². The van der Waals surface area contributed by atoms with Crippen LogP contribution < -0.4 is 10.7 Å². The van der Waals surface area contributed by atoms with Gasteiger partial charge < -0.3 is 9.73 Å². The van der Waals surface area contributed by atoms with Crippen molar-refractivity contribution in [1.82, 2.24) is 5.32 Å². The second-order valence-corrected chi connectivity index (χ2v) is 6.45. The molecule has 1 amide bonds. The first kappa shape index (κ1) is 14.7. The highest BCUT2D eigenvalue weighted by Gasteiger charge is 2.36. The van der Waals surface area contributed by atoms with E-state index in [0.717, 1.165) is 22.3 Å². The molecule has 2 heterocycles. The lowest BCUT2D eigenvalue weighted by Gasteiger charge is -2.12. The van der Waals surface area contributed by atoms with Gasteiger partial charge in [-0.1, -0.05) is 35.9 Å². The van der Waals surface area contributed by atoms with Gasteiger partial charge in [0.1, 0.15) is 5.58 Å². The summed E-state index contributed by atoms with van der Waals surface area (Å²) in [7, 11) is 0. The van der Waals surface area contributed by atoms with Crippen molar-refractivity contribution in [2.24, 2.45) is 0 Å². The first-order valence-electron chi connectivity index (χ1n) is 7.91. The minimum atomic E-state index is -0.463. The van der Waals surface area contributed by atoms with E-state index in [1.54, 1.807) is 0 Å². The fourth-order valence-electron chi connectivity index (χ4n) is 3.37. The van der Waals surface area contributed by atoms with E-state index in [4.69, 9.17) is 4.42 Å². The van der Waals surface area contributed by atoms with Gasteiger partial charge in [0.2, 0.25) is 5.76 Å². The first-order valence-corrected chi connectivity index (χ1v) is 7.91. The minimum Gasteiger partial charge on any atom is -0.450 e. The fourth-order valence-corrected chi connectivity index (χ4v) is 3.37. The maximum Gasteiger partial charge on any atom is 0.288 e. The summed E-state index contributed by atoms with van der Waals surface area (Å²) in [5.74, 6) is -0.209. The van der Waals surface area contributed by atoms with Crippen LogP contribution in [-0.2, 0) is 0 Å². The standard InChI is InChI=1S/C20H17NO3/c1-10-4-6-13(7-5-10)16-15-17(22)14-9-11(2)8-12(3)18(14)24-19(15)20(23)21-16/h4-9,16H,1-3H3,(H,21,23). The summed E-state index contributed by atoms with van der Waals surface area (Å²) in [5, 5.41) is 3.40. The largest absolute Gasteiger partial charge is 0.450 e. The fraction of sp³-hybridized carbons (Fsp3) is 0.200. The Kier molecular flexibility index (Phi) is 3.10. The molecule has 0 fully saturated rings. The Bertz CT molecular complexity index is 1050. The van der Waals surface area contributed by atoms with Crippen molar-refractivity contribution in [3.63, 3.8) is 0 Å². The smallest absolute Gasteiger partial charge is 0.288 e. The van der Waals surface area contributed by atoms with Crippen molar-refractivity contribution in [2.45, 2.75) is 26.8 Å². The summed E-state index contributed by atoms with van der Waals surface area (Å²) < 4.78 is 5.85. The number of hydrogen-bond acceptors (Lipinski definition) is 3. The zero-order valence-corrected chi connectivity index (χ0v) is 13.8. The number of benzene rings is 2. The molecule has 0 radical (unpaired) electrons. The van der Waals surface area contributed by atoms with E-state index >= 15 is 0 Å². The molecule has 0 saturated carbocycles. The Hall–Kier alpha value is -2.88. The highest BCUT2D eigenvalue weighted by Crippen LogP contribution is 2.32. The third kappa shape index (κ3) is 2.07. The summed E-state index contributed by atoms with van der Waals surface area (Å²) in [6.45, 7) is 5.83. The molecule has 2 aromatic carbocycles. The molecule has 1 aliphatic rings. The Labute approximate surface area is 139 Å². The molecule has 1 atom stereocenters. The summed E-state index contributed by atoms with van der Waals surface area (Å²) in [6.07, 6.45) is 0. The molecule has 3 aromatic rings. The average Bonchev–Trinajstić information content (AvgIpc) is 2.87. The van der Waals surface area contributed by atoms with Crippen molar-refractivity contribution in [1.29, 1.82) is 0 Å². The molecule has 4 heteroatoms. The Morgan fingerprint density at radius 1 is 0.958 bits per heavy atom. The summed E-state index contributed by atoms with van der Waals surface area (Å²) in [4.78, 5) is 25.4. The van der Waals surface area contributed by atoms with Crippen LogP contribution in [-0.4, -0.2) is 5.91 Å². The van der Waals surface area contributed by atoms with Gasteiger partial charge in [-0.2, -0.15) is 0 Å². The average molecular weight is 319 g/mol. The van der Waals surface area contributed by atoms with E-state index in [9.17, 15) is 9.59 Å². The van der Waals surface area contributed by atoms with Crippen molar-refractivity contribution < 1.29 is 9.21 Å². The lowest BCUT2D eigenvalue weighted by atomic mass is 9.97. The van der Waals surface area contributed by atoms with Gasteiger partial charge in [-0.25, -0.2) is 0 Å². The quantitative estimate of drug-likeness (QED) is 0.746. The van der Waals surface area contributed by atoms with Gasteiger partial charge in [-0.05, 0) is 43.5 Å². The van der Waals surface area contributed by atoms with Gasteiger partial charge in [0.25, 0.3) is 5.91 Å². The maximum absolute atomic E-state index is 13.1. The van der Waals surface area contributed by atoms with E-state index < -0.39 is 6.04 Å². The van der Waals surface area contributed by atoms with Gasteiger partial charge >= 0.3 is 0 Å².